The van der Waals surface area contributed by atoms with Gasteiger partial charge in [0.05, 0.1) is 0 Å². The van der Waals surface area contributed by atoms with Gasteiger partial charge in [-0.1, -0.05) is 17.8 Å². The second kappa shape index (κ2) is 7.97. The predicted molar refractivity (Wildman–Crippen MR) is 111 cm³/mol. The van der Waals surface area contributed by atoms with Gasteiger partial charge in [0, 0.05) is 33.0 Å². The van der Waals surface area contributed by atoms with Gasteiger partial charge < -0.3 is 11.1 Å². The highest BCUT2D eigenvalue weighted by molar-refractivity contribution is 7.99. The molecule has 0 radical (unpaired) electrons. The molecule has 0 spiro atoms. The molecule has 3 N–H and O–H groups in total. The highest BCUT2D eigenvalue weighted by atomic mass is 32.2. The smallest absolute Gasteiger partial charge is 0.251 e. The van der Waals surface area contributed by atoms with Gasteiger partial charge in [0.15, 0.2) is 0 Å². The minimum absolute atomic E-state index is 0.00197. The van der Waals surface area contributed by atoms with Crippen molar-refractivity contribution in [3.63, 3.8) is 0 Å². The summed E-state index contributed by atoms with van der Waals surface area (Å²) in [5.74, 6) is 0.158. The molecule has 6 heteroatoms. The number of hydrogen-bond acceptors (Lipinski definition) is 4. The fourth-order valence-corrected chi connectivity index (χ4v) is 5.18. The SMILES string of the molecule is CC1C(NC(=O)c2ccc(Sc3cccc(C(N)=O)c3)cc2)C2CCN1CC2. The van der Waals surface area contributed by atoms with E-state index in [2.05, 4.69) is 17.1 Å². The van der Waals surface area contributed by atoms with E-state index in [1.807, 2.05) is 36.4 Å². The number of fused-ring (bicyclic) bond motifs is 3. The lowest BCUT2D eigenvalue weighted by molar-refractivity contribution is 0.0217. The zero-order valence-electron chi connectivity index (χ0n) is 15.9. The summed E-state index contributed by atoms with van der Waals surface area (Å²) in [4.78, 5) is 28.5. The molecule has 2 bridgehead atoms. The minimum Gasteiger partial charge on any atom is -0.366 e. The molecule has 146 valence electrons. The molecule has 2 amide bonds. The number of nitrogens with one attached hydrogen (secondary N) is 1. The van der Waals surface area contributed by atoms with Crippen LogP contribution in [0, 0.1) is 5.92 Å². The van der Waals surface area contributed by atoms with Crippen LogP contribution < -0.4 is 11.1 Å². The lowest BCUT2D eigenvalue weighted by atomic mass is 9.79. The Morgan fingerprint density at radius 3 is 2.39 bits per heavy atom. The zero-order valence-corrected chi connectivity index (χ0v) is 16.7. The zero-order chi connectivity index (χ0) is 19.7. The van der Waals surface area contributed by atoms with Crippen molar-refractivity contribution in [3.8, 4) is 0 Å². The monoisotopic (exact) mass is 395 g/mol. The Morgan fingerprint density at radius 1 is 1.04 bits per heavy atom. The topological polar surface area (TPSA) is 75.4 Å². The molecular formula is C22H25N3O2S. The van der Waals surface area contributed by atoms with Gasteiger partial charge in [-0.15, -0.1) is 0 Å². The summed E-state index contributed by atoms with van der Waals surface area (Å²) in [6.07, 6.45) is 2.35. The molecule has 3 heterocycles. The number of amides is 2. The van der Waals surface area contributed by atoms with Crippen molar-refractivity contribution in [3.05, 3.63) is 59.7 Å². The Bertz CT molecular complexity index is 874. The molecule has 0 aromatic heterocycles. The van der Waals surface area contributed by atoms with Crippen molar-refractivity contribution < 1.29 is 9.59 Å². The second-order valence-electron chi connectivity index (χ2n) is 7.63. The predicted octanol–water partition coefficient (Wildman–Crippen LogP) is 3.15. The standard InChI is InChI=1S/C22H25N3O2S/c1-14-20(15-9-11-25(14)12-10-15)24-22(27)16-5-7-18(8-6-16)28-19-4-2-3-17(13-19)21(23)26/h2-8,13-15,20H,9-12H2,1H3,(H2,23,26)(H,24,27). The van der Waals surface area contributed by atoms with Gasteiger partial charge in [-0.05, 0) is 81.2 Å². The van der Waals surface area contributed by atoms with Gasteiger partial charge in [0.2, 0.25) is 5.91 Å². The molecule has 3 aliphatic rings. The van der Waals surface area contributed by atoms with E-state index < -0.39 is 5.91 Å². The van der Waals surface area contributed by atoms with E-state index in [0.717, 1.165) is 22.9 Å². The highest BCUT2D eigenvalue weighted by Crippen LogP contribution is 2.32. The molecular weight excluding hydrogens is 370 g/mol. The van der Waals surface area contributed by atoms with Gasteiger partial charge in [0.1, 0.15) is 0 Å². The summed E-state index contributed by atoms with van der Waals surface area (Å²) in [6, 6.07) is 15.5. The highest BCUT2D eigenvalue weighted by Gasteiger charge is 2.40. The van der Waals surface area contributed by atoms with E-state index >= 15 is 0 Å². The molecule has 2 unspecified atom stereocenters. The van der Waals surface area contributed by atoms with Crippen LogP contribution >= 0.6 is 11.8 Å². The fraction of sp³-hybridized carbons (Fsp3) is 0.364. The second-order valence-corrected chi connectivity index (χ2v) is 8.78. The third-order valence-electron chi connectivity index (χ3n) is 5.95. The number of primary amides is 1. The number of rotatable bonds is 5. The summed E-state index contributed by atoms with van der Waals surface area (Å²) < 4.78 is 0. The van der Waals surface area contributed by atoms with E-state index in [1.165, 1.54) is 24.6 Å². The first kappa shape index (κ1) is 19.0. The summed E-state index contributed by atoms with van der Waals surface area (Å²) in [5.41, 5.74) is 6.52. The van der Waals surface area contributed by atoms with E-state index in [0.29, 0.717) is 23.1 Å². The molecule has 5 nitrogen and oxygen atoms in total. The summed E-state index contributed by atoms with van der Waals surface area (Å²) in [7, 11) is 0. The Balaban J connectivity index is 1.41. The Hall–Kier alpha value is -2.31. The maximum Gasteiger partial charge on any atom is 0.251 e. The van der Waals surface area contributed by atoms with Gasteiger partial charge >= 0.3 is 0 Å². The van der Waals surface area contributed by atoms with Gasteiger partial charge in [-0.3, -0.25) is 14.5 Å². The Kier molecular flexibility index (Phi) is 5.42. The summed E-state index contributed by atoms with van der Waals surface area (Å²) in [6.45, 7) is 4.53. The average Bonchev–Trinajstić information content (AvgIpc) is 2.71. The van der Waals surface area contributed by atoms with E-state index in [4.69, 9.17) is 5.73 Å². The molecule has 3 aliphatic heterocycles. The van der Waals surface area contributed by atoms with Crippen LogP contribution in [0.2, 0.25) is 0 Å². The summed E-state index contributed by atoms with van der Waals surface area (Å²) in [5, 5.41) is 3.27. The van der Waals surface area contributed by atoms with Crippen molar-refractivity contribution in [2.45, 2.75) is 41.6 Å². The number of nitrogens with zero attached hydrogens (tertiary/aromatic N) is 1. The van der Waals surface area contributed by atoms with E-state index in [9.17, 15) is 9.59 Å². The number of piperidine rings is 3. The molecule has 28 heavy (non-hydrogen) atoms. The molecule has 0 saturated carbocycles. The van der Waals surface area contributed by atoms with Crippen molar-refractivity contribution in [1.29, 1.82) is 0 Å². The van der Waals surface area contributed by atoms with Gasteiger partial charge in [-0.2, -0.15) is 0 Å². The third kappa shape index (κ3) is 3.93. The fourth-order valence-electron chi connectivity index (χ4n) is 4.30. The van der Waals surface area contributed by atoms with Gasteiger partial charge in [0.25, 0.3) is 5.91 Å². The van der Waals surface area contributed by atoms with Gasteiger partial charge in [-0.25, -0.2) is 0 Å². The Morgan fingerprint density at radius 2 is 1.75 bits per heavy atom. The molecule has 3 fully saturated rings. The number of hydrogen-bond donors (Lipinski definition) is 2. The summed E-state index contributed by atoms with van der Waals surface area (Å²) >= 11 is 1.54. The number of benzene rings is 2. The maximum atomic E-state index is 12.7. The molecule has 2 atom stereocenters. The van der Waals surface area contributed by atoms with Crippen LogP contribution in [0.25, 0.3) is 0 Å². The Labute approximate surface area is 169 Å². The lowest BCUT2D eigenvalue weighted by Crippen LogP contribution is -2.62. The first-order valence-corrected chi connectivity index (χ1v) is 10.6. The van der Waals surface area contributed by atoms with Crippen LogP contribution in [-0.4, -0.2) is 41.9 Å². The van der Waals surface area contributed by atoms with E-state index in [-0.39, 0.29) is 11.9 Å². The van der Waals surface area contributed by atoms with Crippen LogP contribution in [0.1, 0.15) is 40.5 Å². The minimum atomic E-state index is -0.434. The van der Waals surface area contributed by atoms with Crippen LogP contribution in [-0.2, 0) is 0 Å². The number of nitrogens with two attached hydrogens (primary N) is 1. The van der Waals surface area contributed by atoms with Crippen LogP contribution in [0.3, 0.4) is 0 Å². The van der Waals surface area contributed by atoms with Crippen LogP contribution in [0.5, 0.6) is 0 Å². The van der Waals surface area contributed by atoms with Crippen molar-refractivity contribution in [2.75, 3.05) is 13.1 Å². The lowest BCUT2D eigenvalue weighted by Gasteiger charge is -2.49. The number of carbonyl (C=O) groups excluding carboxylic acids is 2. The maximum absolute atomic E-state index is 12.7. The molecule has 0 aliphatic carbocycles. The first-order chi connectivity index (χ1) is 13.5. The van der Waals surface area contributed by atoms with Crippen molar-refractivity contribution >= 4 is 23.6 Å². The van der Waals surface area contributed by atoms with Crippen molar-refractivity contribution in [1.82, 2.24) is 10.2 Å². The van der Waals surface area contributed by atoms with Crippen LogP contribution in [0.4, 0.5) is 0 Å². The van der Waals surface area contributed by atoms with E-state index in [1.54, 1.807) is 12.1 Å². The average molecular weight is 396 g/mol. The van der Waals surface area contributed by atoms with Crippen molar-refractivity contribution in [2.24, 2.45) is 11.7 Å². The third-order valence-corrected chi connectivity index (χ3v) is 6.94. The van der Waals surface area contributed by atoms with Crippen LogP contribution in [0.15, 0.2) is 58.3 Å². The largest absolute Gasteiger partial charge is 0.366 e. The molecule has 5 rings (SSSR count). The molecule has 2 aromatic rings. The molecule has 3 saturated heterocycles. The first-order valence-electron chi connectivity index (χ1n) is 9.74. The molecule has 2 aromatic carbocycles. The normalized spacial score (nSPS) is 26.0. The quantitative estimate of drug-likeness (QED) is 0.816. The number of carbonyl (C=O) groups is 2.